The summed E-state index contributed by atoms with van der Waals surface area (Å²) in [7, 11) is 0. The number of esters is 1. The Labute approximate surface area is 127 Å². The van der Waals surface area contributed by atoms with Gasteiger partial charge in [-0.25, -0.2) is 0 Å². The summed E-state index contributed by atoms with van der Waals surface area (Å²) in [6.07, 6.45) is 1.25. The topological polar surface area (TPSA) is 83.8 Å². The monoisotopic (exact) mass is 300 g/mol. The molecule has 5 nitrogen and oxygen atoms in total. The van der Waals surface area contributed by atoms with Gasteiger partial charge in [0.25, 0.3) is 0 Å². The van der Waals surface area contributed by atoms with Gasteiger partial charge in [0.1, 0.15) is 11.9 Å². The zero-order chi connectivity index (χ0) is 15.7. The molecule has 2 aliphatic rings. The summed E-state index contributed by atoms with van der Waals surface area (Å²) in [6, 6.07) is 9.35. The van der Waals surface area contributed by atoms with E-state index in [4.69, 9.17) is 4.74 Å². The average molecular weight is 300 g/mol. The summed E-state index contributed by atoms with van der Waals surface area (Å²) in [6.45, 7) is 0. The maximum Gasteiger partial charge on any atom is 0.306 e. The van der Waals surface area contributed by atoms with Gasteiger partial charge >= 0.3 is 5.97 Å². The van der Waals surface area contributed by atoms with Crippen LogP contribution in [0.5, 0.6) is 0 Å². The van der Waals surface area contributed by atoms with Crippen LogP contribution in [-0.4, -0.2) is 34.2 Å². The average Bonchev–Trinajstić information content (AvgIpc) is 2.88. The van der Waals surface area contributed by atoms with Gasteiger partial charge in [0.15, 0.2) is 5.78 Å². The molecule has 1 heterocycles. The Morgan fingerprint density at radius 3 is 2.64 bits per heavy atom. The fourth-order valence-corrected chi connectivity index (χ4v) is 2.98. The molecular formula is C17H16O5. The van der Waals surface area contributed by atoms with Crippen LogP contribution in [0, 0.1) is 5.92 Å². The van der Waals surface area contributed by atoms with Crippen molar-refractivity contribution in [2.75, 3.05) is 0 Å². The van der Waals surface area contributed by atoms with Gasteiger partial charge in [0, 0.05) is 17.9 Å². The largest absolute Gasteiger partial charge is 0.508 e. The fraction of sp³-hybridized carbons (Fsp3) is 0.294. The molecule has 0 radical (unpaired) electrons. The molecule has 1 aliphatic carbocycles. The van der Waals surface area contributed by atoms with Crippen LogP contribution in [0.1, 0.15) is 18.4 Å². The highest BCUT2D eigenvalue weighted by Gasteiger charge is 2.48. The highest BCUT2D eigenvalue weighted by atomic mass is 16.6. The molecule has 22 heavy (non-hydrogen) atoms. The Hall–Kier alpha value is -2.40. The van der Waals surface area contributed by atoms with E-state index in [2.05, 4.69) is 0 Å². The molecule has 1 aliphatic heterocycles. The van der Waals surface area contributed by atoms with Gasteiger partial charge in [-0.05, 0) is 11.6 Å². The summed E-state index contributed by atoms with van der Waals surface area (Å²) >= 11 is 0. The molecular weight excluding hydrogens is 284 g/mol. The van der Waals surface area contributed by atoms with E-state index in [1.165, 1.54) is 6.08 Å². The van der Waals surface area contributed by atoms with Gasteiger partial charge in [-0.2, -0.15) is 0 Å². The summed E-state index contributed by atoms with van der Waals surface area (Å²) in [5, 5.41) is 20.1. The number of aliphatic hydroxyl groups is 2. The molecule has 1 saturated carbocycles. The second-order valence-electron chi connectivity index (χ2n) is 5.50. The lowest BCUT2D eigenvalue weighted by molar-refractivity contribution is -0.148. The number of benzene rings is 1. The van der Waals surface area contributed by atoms with Crippen molar-refractivity contribution in [3.8, 4) is 0 Å². The first-order valence-corrected chi connectivity index (χ1v) is 7.13. The van der Waals surface area contributed by atoms with E-state index in [0.29, 0.717) is 0 Å². The van der Waals surface area contributed by atoms with E-state index < -0.39 is 24.1 Å². The predicted octanol–water partition coefficient (Wildman–Crippen LogP) is 1.78. The number of ether oxygens (including phenoxy) is 1. The molecule has 1 saturated heterocycles. The molecule has 3 rings (SSSR count). The number of carbonyl (C=O) groups excluding carboxylic acids is 2. The lowest BCUT2D eigenvalue weighted by Crippen LogP contribution is -2.41. The first-order chi connectivity index (χ1) is 10.6. The first-order valence-electron chi connectivity index (χ1n) is 7.13. The van der Waals surface area contributed by atoms with E-state index in [-0.39, 0.29) is 30.0 Å². The third kappa shape index (κ3) is 2.67. The number of allylic oxidation sites excluding steroid dienone is 1. The molecule has 1 aromatic rings. The van der Waals surface area contributed by atoms with Crippen LogP contribution in [0.15, 0.2) is 47.7 Å². The summed E-state index contributed by atoms with van der Waals surface area (Å²) in [4.78, 5) is 23.6. The number of Topliss-reactive ketones (excluding diaryl/α,β-unsaturated/α-hetero) is 1. The molecule has 0 unspecified atom stereocenters. The van der Waals surface area contributed by atoms with E-state index in [1.807, 2.05) is 30.3 Å². The van der Waals surface area contributed by atoms with Crippen molar-refractivity contribution in [3.63, 3.8) is 0 Å². The van der Waals surface area contributed by atoms with E-state index in [0.717, 1.165) is 5.56 Å². The van der Waals surface area contributed by atoms with Gasteiger partial charge in [0.05, 0.1) is 12.5 Å². The van der Waals surface area contributed by atoms with E-state index in [1.54, 1.807) is 6.08 Å². The molecule has 2 N–H and O–H groups in total. The van der Waals surface area contributed by atoms with Gasteiger partial charge in [-0.15, -0.1) is 0 Å². The van der Waals surface area contributed by atoms with Crippen molar-refractivity contribution >= 4 is 17.8 Å². The number of hydrogen-bond donors (Lipinski definition) is 2. The number of rotatable bonds is 2. The third-order valence-corrected chi connectivity index (χ3v) is 4.00. The normalized spacial score (nSPS) is 30.3. The van der Waals surface area contributed by atoms with Crippen LogP contribution in [0.2, 0.25) is 0 Å². The maximum absolute atomic E-state index is 12.1. The van der Waals surface area contributed by atoms with Crippen LogP contribution in [-0.2, 0) is 14.3 Å². The Kier molecular flexibility index (Phi) is 3.81. The van der Waals surface area contributed by atoms with Crippen LogP contribution >= 0.6 is 0 Å². The van der Waals surface area contributed by atoms with E-state index in [9.17, 15) is 19.8 Å². The second-order valence-corrected chi connectivity index (χ2v) is 5.50. The number of hydrogen-bond acceptors (Lipinski definition) is 5. The van der Waals surface area contributed by atoms with Crippen molar-refractivity contribution < 1.29 is 24.5 Å². The zero-order valence-corrected chi connectivity index (χ0v) is 11.8. The number of fused-ring (bicyclic) bond motifs is 1. The number of aliphatic hydroxyl groups excluding tert-OH is 2. The summed E-state index contributed by atoms with van der Waals surface area (Å²) in [5.74, 6) is -1.55. The molecule has 0 spiro atoms. The Morgan fingerprint density at radius 2 is 1.91 bits per heavy atom. The van der Waals surface area contributed by atoms with Crippen LogP contribution < -0.4 is 0 Å². The standard InChI is InChI=1S/C17H16O5/c18-12(7-6-10-4-2-1-3-5-10)16-11-8-15(21)22-17(11)14(20)9-13(16)19/h1-7,11,14,17-18,20H,8-9H2/t11-,14+,17-/m1/s1. The van der Waals surface area contributed by atoms with Gasteiger partial charge in [0.2, 0.25) is 0 Å². The lowest BCUT2D eigenvalue weighted by atomic mass is 9.78. The summed E-state index contributed by atoms with van der Waals surface area (Å²) in [5.41, 5.74) is 1.06. The number of ketones is 1. The molecule has 0 bridgehead atoms. The molecule has 0 aromatic heterocycles. The Morgan fingerprint density at radius 1 is 1.18 bits per heavy atom. The maximum atomic E-state index is 12.1. The molecule has 0 amide bonds. The van der Waals surface area contributed by atoms with Crippen LogP contribution in [0.25, 0.3) is 6.08 Å². The van der Waals surface area contributed by atoms with Crippen molar-refractivity contribution in [2.45, 2.75) is 25.0 Å². The minimum Gasteiger partial charge on any atom is -0.508 e. The smallest absolute Gasteiger partial charge is 0.306 e. The predicted molar refractivity (Wildman–Crippen MR) is 78.7 cm³/mol. The van der Waals surface area contributed by atoms with Gasteiger partial charge in [-0.1, -0.05) is 36.4 Å². The minimum atomic E-state index is -1.00. The van der Waals surface area contributed by atoms with Crippen molar-refractivity contribution in [2.24, 2.45) is 5.92 Å². The molecule has 114 valence electrons. The Bertz CT molecular complexity index is 659. The fourth-order valence-electron chi connectivity index (χ4n) is 2.98. The van der Waals surface area contributed by atoms with Crippen molar-refractivity contribution in [1.29, 1.82) is 0 Å². The van der Waals surface area contributed by atoms with Crippen molar-refractivity contribution in [3.05, 3.63) is 53.3 Å². The molecule has 5 heteroatoms. The minimum absolute atomic E-state index is 0.00599. The number of carbonyl (C=O) groups is 2. The lowest BCUT2D eigenvalue weighted by Gasteiger charge is -2.29. The van der Waals surface area contributed by atoms with Gasteiger partial charge < -0.3 is 14.9 Å². The van der Waals surface area contributed by atoms with Crippen LogP contribution in [0.3, 0.4) is 0 Å². The Balaban J connectivity index is 1.91. The zero-order valence-electron chi connectivity index (χ0n) is 11.8. The third-order valence-electron chi connectivity index (χ3n) is 4.00. The van der Waals surface area contributed by atoms with Crippen molar-refractivity contribution in [1.82, 2.24) is 0 Å². The first kappa shape index (κ1) is 14.5. The highest BCUT2D eigenvalue weighted by Crippen LogP contribution is 2.38. The summed E-state index contributed by atoms with van der Waals surface area (Å²) < 4.78 is 5.06. The van der Waals surface area contributed by atoms with Gasteiger partial charge in [-0.3, -0.25) is 9.59 Å². The second kappa shape index (κ2) is 5.77. The molecule has 3 atom stereocenters. The molecule has 1 aromatic carbocycles. The van der Waals surface area contributed by atoms with Crippen LogP contribution in [0.4, 0.5) is 0 Å². The highest BCUT2D eigenvalue weighted by molar-refractivity contribution is 5.99. The quantitative estimate of drug-likeness (QED) is 0.494. The van der Waals surface area contributed by atoms with E-state index >= 15 is 0 Å². The SMILES string of the molecule is O=C1C[C@@H]2C(=C(O)C=Cc3ccccc3)C(=O)C[C@H](O)[C@@H]2O1. The molecule has 2 fully saturated rings.